The highest BCUT2D eigenvalue weighted by Crippen LogP contribution is 2.20. The van der Waals surface area contributed by atoms with Crippen LogP contribution in [0, 0.1) is 5.82 Å². The molecular formula is C16H17FN4O2S3. The quantitative estimate of drug-likeness (QED) is 0.615. The van der Waals surface area contributed by atoms with Crippen molar-refractivity contribution < 1.29 is 12.8 Å². The van der Waals surface area contributed by atoms with E-state index in [9.17, 15) is 12.8 Å². The van der Waals surface area contributed by atoms with E-state index < -0.39 is 10.0 Å². The lowest BCUT2D eigenvalue weighted by molar-refractivity contribution is 0.482. The Morgan fingerprint density at radius 1 is 1.23 bits per heavy atom. The molecular weight excluding hydrogens is 395 g/mol. The van der Waals surface area contributed by atoms with Gasteiger partial charge in [0, 0.05) is 38.1 Å². The summed E-state index contributed by atoms with van der Waals surface area (Å²) in [5, 5.41) is 5.38. The van der Waals surface area contributed by atoms with Crippen LogP contribution in [0.1, 0.15) is 11.4 Å². The molecule has 0 aliphatic carbocycles. The first-order chi connectivity index (χ1) is 12.5. The van der Waals surface area contributed by atoms with Gasteiger partial charge in [-0.3, -0.25) is 0 Å². The van der Waals surface area contributed by atoms with Gasteiger partial charge < -0.3 is 5.32 Å². The Hall–Kier alpha value is -1.88. The smallest absolute Gasteiger partial charge is 0.252 e. The minimum Gasteiger partial charge on any atom is -0.359 e. The molecule has 3 aromatic rings. The van der Waals surface area contributed by atoms with Crippen LogP contribution < -0.4 is 5.32 Å². The van der Waals surface area contributed by atoms with Gasteiger partial charge in [0.05, 0.1) is 0 Å². The van der Waals surface area contributed by atoms with E-state index in [0.29, 0.717) is 40.2 Å². The number of sulfonamides is 1. The van der Waals surface area contributed by atoms with Gasteiger partial charge in [0.1, 0.15) is 15.9 Å². The van der Waals surface area contributed by atoms with E-state index in [0.717, 1.165) is 0 Å². The van der Waals surface area contributed by atoms with Gasteiger partial charge in [-0.25, -0.2) is 17.8 Å². The highest BCUT2D eigenvalue weighted by atomic mass is 32.2. The first kappa shape index (κ1) is 18.9. The van der Waals surface area contributed by atoms with Crippen molar-refractivity contribution in [1.29, 1.82) is 0 Å². The second-order valence-electron chi connectivity index (χ2n) is 5.47. The number of nitrogens with one attached hydrogen (secondary N) is 1. The van der Waals surface area contributed by atoms with E-state index in [2.05, 4.69) is 14.7 Å². The average molecular weight is 413 g/mol. The number of hydrogen-bond acceptors (Lipinski definition) is 7. The third kappa shape index (κ3) is 4.44. The van der Waals surface area contributed by atoms with Gasteiger partial charge in [-0.2, -0.15) is 8.68 Å². The summed E-state index contributed by atoms with van der Waals surface area (Å²) in [5.74, 6) is 0.249. The normalized spacial score (nSPS) is 11.8. The molecule has 0 amide bonds. The van der Waals surface area contributed by atoms with Gasteiger partial charge >= 0.3 is 0 Å². The molecule has 0 spiro atoms. The molecule has 0 atom stereocenters. The van der Waals surface area contributed by atoms with Crippen molar-refractivity contribution >= 4 is 38.0 Å². The summed E-state index contributed by atoms with van der Waals surface area (Å²) in [4.78, 5) is 4.32. The number of halogens is 1. The lowest BCUT2D eigenvalue weighted by atomic mass is 10.1. The van der Waals surface area contributed by atoms with Gasteiger partial charge in [-0.05, 0) is 23.1 Å². The summed E-state index contributed by atoms with van der Waals surface area (Å²) < 4.78 is 44.1. The second kappa shape index (κ2) is 8.21. The fourth-order valence-electron chi connectivity index (χ4n) is 2.21. The number of benzene rings is 1. The van der Waals surface area contributed by atoms with Crippen LogP contribution in [0.3, 0.4) is 0 Å². The molecule has 0 bridgehead atoms. The Morgan fingerprint density at radius 3 is 2.77 bits per heavy atom. The zero-order valence-corrected chi connectivity index (χ0v) is 16.4. The molecule has 0 aliphatic heterocycles. The van der Waals surface area contributed by atoms with E-state index >= 15 is 0 Å². The van der Waals surface area contributed by atoms with Gasteiger partial charge in [0.15, 0.2) is 0 Å². The fraction of sp³-hybridized carbons (Fsp3) is 0.250. The third-order valence-electron chi connectivity index (χ3n) is 3.64. The van der Waals surface area contributed by atoms with Gasteiger partial charge in [0.2, 0.25) is 5.13 Å². The Balaban J connectivity index is 1.53. The Kier molecular flexibility index (Phi) is 5.97. The maximum absolute atomic E-state index is 13.7. The largest absolute Gasteiger partial charge is 0.359 e. The molecule has 2 heterocycles. The van der Waals surface area contributed by atoms with Gasteiger partial charge in [-0.1, -0.05) is 24.3 Å². The molecule has 10 heteroatoms. The Bertz CT molecular complexity index is 958. The van der Waals surface area contributed by atoms with Gasteiger partial charge in [-0.15, -0.1) is 11.3 Å². The van der Waals surface area contributed by atoms with Crippen molar-refractivity contribution in [3.8, 4) is 0 Å². The van der Waals surface area contributed by atoms with E-state index in [4.69, 9.17) is 0 Å². The molecule has 2 aromatic heterocycles. The molecule has 6 nitrogen and oxygen atoms in total. The number of rotatable bonds is 8. The number of anilines is 1. The first-order valence-electron chi connectivity index (χ1n) is 7.76. The average Bonchev–Trinajstić information content (AvgIpc) is 3.29. The molecule has 26 heavy (non-hydrogen) atoms. The lowest BCUT2D eigenvalue weighted by Gasteiger charge is -2.15. The topological polar surface area (TPSA) is 75.2 Å². The number of likely N-dealkylation sites (N-methyl/N-ethyl adjacent to an activating group) is 1. The van der Waals surface area contributed by atoms with E-state index in [1.54, 1.807) is 42.8 Å². The van der Waals surface area contributed by atoms with Crippen LogP contribution in [0.4, 0.5) is 9.52 Å². The predicted molar refractivity (Wildman–Crippen MR) is 102 cm³/mol. The van der Waals surface area contributed by atoms with E-state index in [1.807, 2.05) is 0 Å². The summed E-state index contributed by atoms with van der Waals surface area (Å²) in [6, 6.07) is 9.82. The van der Waals surface area contributed by atoms with Crippen LogP contribution in [0.25, 0.3) is 0 Å². The zero-order chi connectivity index (χ0) is 18.6. The Morgan fingerprint density at radius 2 is 2.04 bits per heavy atom. The number of hydrogen-bond donors (Lipinski definition) is 1. The minimum atomic E-state index is -3.45. The van der Waals surface area contributed by atoms with Crippen LogP contribution in [0.2, 0.25) is 0 Å². The van der Waals surface area contributed by atoms with Crippen LogP contribution >= 0.6 is 22.9 Å². The summed E-state index contributed by atoms with van der Waals surface area (Å²) in [7, 11) is -1.91. The number of thiophene rings is 1. The number of aromatic nitrogens is 2. The van der Waals surface area contributed by atoms with Crippen molar-refractivity contribution in [3.63, 3.8) is 0 Å². The van der Waals surface area contributed by atoms with E-state index in [-0.39, 0.29) is 5.82 Å². The van der Waals surface area contributed by atoms with Crippen molar-refractivity contribution in [1.82, 2.24) is 13.7 Å². The highest BCUT2D eigenvalue weighted by Gasteiger charge is 2.21. The molecule has 0 unspecified atom stereocenters. The molecule has 0 saturated carbocycles. The van der Waals surface area contributed by atoms with Crippen LogP contribution in [-0.4, -0.2) is 42.2 Å². The minimum absolute atomic E-state index is 0.280. The molecule has 0 fully saturated rings. The molecule has 1 aromatic carbocycles. The maximum Gasteiger partial charge on any atom is 0.252 e. The van der Waals surface area contributed by atoms with Crippen LogP contribution in [-0.2, 0) is 16.4 Å². The van der Waals surface area contributed by atoms with Crippen molar-refractivity contribution in [2.24, 2.45) is 0 Å². The first-order valence-corrected chi connectivity index (χ1v) is 10.9. The summed E-state index contributed by atoms with van der Waals surface area (Å²) in [5.41, 5.74) is 0.540. The lowest BCUT2D eigenvalue weighted by Crippen LogP contribution is -2.31. The Labute approximate surface area is 159 Å². The summed E-state index contributed by atoms with van der Waals surface area (Å²) in [6.07, 6.45) is 0.317. The molecule has 0 saturated heterocycles. The molecule has 0 radical (unpaired) electrons. The molecule has 138 valence electrons. The molecule has 1 N–H and O–H groups in total. The third-order valence-corrected chi connectivity index (χ3v) is 7.58. The maximum atomic E-state index is 13.7. The fourth-order valence-corrected chi connectivity index (χ4v) is 5.20. The number of nitrogens with zero attached hydrogens (tertiary/aromatic N) is 3. The molecule has 0 aliphatic rings. The van der Waals surface area contributed by atoms with Crippen molar-refractivity contribution in [2.45, 2.75) is 10.6 Å². The van der Waals surface area contributed by atoms with Crippen molar-refractivity contribution in [3.05, 3.63) is 59.0 Å². The summed E-state index contributed by atoms with van der Waals surface area (Å²) in [6.45, 7) is 0.692. The second-order valence-corrected chi connectivity index (χ2v) is 9.44. The monoisotopic (exact) mass is 412 g/mol. The zero-order valence-electron chi connectivity index (χ0n) is 13.9. The van der Waals surface area contributed by atoms with Crippen LogP contribution in [0.5, 0.6) is 0 Å². The van der Waals surface area contributed by atoms with Crippen LogP contribution in [0.15, 0.2) is 46.0 Å². The van der Waals surface area contributed by atoms with E-state index in [1.165, 1.54) is 33.2 Å². The predicted octanol–water partition coefficient (Wildman–Crippen LogP) is 3.06. The SMILES string of the molecule is CN(CCNc1nc(Cc2ccccc2F)ns1)S(=O)(=O)c1cccs1. The highest BCUT2D eigenvalue weighted by molar-refractivity contribution is 7.91. The van der Waals surface area contributed by atoms with Crippen molar-refractivity contribution in [2.75, 3.05) is 25.5 Å². The summed E-state index contributed by atoms with van der Waals surface area (Å²) >= 11 is 2.36. The standard InChI is InChI=1S/C16H17FN4O2S3/c1-21(26(22,23)15-7-4-10-24-15)9-8-18-16-19-14(20-25-16)11-12-5-2-3-6-13(12)17/h2-7,10H,8-9,11H2,1H3,(H,18,19,20). The molecule has 3 rings (SSSR count). The van der Waals surface area contributed by atoms with Gasteiger partial charge in [0.25, 0.3) is 10.0 Å².